The molecular weight excluding hydrogens is 319 g/mol. The summed E-state index contributed by atoms with van der Waals surface area (Å²) in [6.45, 7) is 3.85. The van der Waals surface area contributed by atoms with Crippen molar-refractivity contribution in [3.63, 3.8) is 0 Å². The number of nitrogens with one attached hydrogen (secondary N) is 2. The fraction of sp³-hybridized carbons (Fsp3) is 0.0625. The van der Waals surface area contributed by atoms with Gasteiger partial charge in [-0.05, 0) is 48.5 Å². The van der Waals surface area contributed by atoms with Gasteiger partial charge in [-0.15, -0.1) is 6.58 Å². The summed E-state index contributed by atoms with van der Waals surface area (Å²) in [6.07, 6.45) is 1.56. The average molecular weight is 334 g/mol. The normalized spacial score (nSPS) is 10.8. The zero-order valence-corrected chi connectivity index (χ0v) is 12.9. The lowest BCUT2D eigenvalue weighted by atomic mass is 10.2. The van der Waals surface area contributed by atoms with E-state index in [9.17, 15) is 17.6 Å². The summed E-state index contributed by atoms with van der Waals surface area (Å²) in [5.41, 5.74) is 0.700. The molecule has 23 heavy (non-hydrogen) atoms. The van der Waals surface area contributed by atoms with Gasteiger partial charge < -0.3 is 5.32 Å². The summed E-state index contributed by atoms with van der Waals surface area (Å²) in [6, 6.07) is 10.4. The van der Waals surface area contributed by atoms with Crippen LogP contribution in [0.1, 0.15) is 10.4 Å². The Morgan fingerprint density at radius 2 is 1.70 bits per heavy atom. The third kappa shape index (κ3) is 4.40. The number of amides is 1. The highest BCUT2D eigenvalue weighted by molar-refractivity contribution is 7.92. The van der Waals surface area contributed by atoms with Crippen molar-refractivity contribution in [2.75, 3.05) is 11.3 Å². The zero-order valence-electron chi connectivity index (χ0n) is 12.1. The van der Waals surface area contributed by atoms with Crippen LogP contribution < -0.4 is 10.0 Å². The molecule has 2 aromatic carbocycles. The maximum Gasteiger partial charge on any atom is 0.261 e. The van der Waals surface area contributed by atoms with E-state index in [4.69, 9.17) is 0 Å². The summed E-state index contributed by atoms with van der Waals surface area (Å²) < 4.78 is 39.5. The molecule has 0 saturated carbocycles. The molecule has 0 fully saturated rings. The second-order valence-electron chi connectivity index (χ2n) is 4.64. The van der Waals surface area contributed by atoms with Crippen LogP contribution in [0.15, 0.2) is 66.1 Å². The molecule has 0 heterocycles. The molecular formula is C16H15FN2O3S. The van der Waals surface area contributed by atoms with Crippen LogP contribution in [0.25, 0.3) is 0 Å². The molecule has 2 aromatic rings. The number of carbonyl (C=O) groups excluding carboxylic acids is 1. The molecule has 120 valence electrons. The fourth-order valence-electron chi connectivity index (χ4n) is 1.78. The van der Waals surface area contributed by atoms with Gasteiger partial charge in [-0.3, -0.25) is 9.52 Å². The van der Waals surface area contributed by atoms with Crippen LogP contribution in [0.4, 0.5) is 10.1 Å². The maximum absolute atomic E-state index is 12.9. The number of anilines is 1. The number of carbonyl (C=O) groups is 1. The predicted molar refractivity (Wildman–Crippen MR) is 86.2 cm³/mol. The minimum absolute atomic E-state index is 0.0493. The SMILES string of the molecule is C=CCNC(=O)c1ccc(NS(=O)(=O)c2ccc(F)cc2)cc1. The first-order chi connectivity index (χ1) is 10.9. The van der Waals surface area contributed by atoms with Crippen molar-refractivity contribution in [3.8, 4) is 0 Å². The lowest BCUT2D eigenvalue weighted by Crippen LogP contribution is -2.23. The van der Waals surface area contributed by atoms with Crippen LogP contribution >= 0.6 is 0 Å². The maximum atomic E-state index is 12.9. The first-order valence-electron chi connectivity index (χ1n) is 6.70. The van der Waals surface area contributed by atoms with Crippen molar-refractivity contribution in [1.82, 2.24) is 5.32 Å². The van der Waals surface area contributed by atoms with Crippen LogP contribution in [-0.2, 0) is 10.0 Å². The van der Waals surface area contributed by atoms with Gasteiger partial charge in [0, 0.05) is 17.8 Å². The van der Waals surface area contributed by atoms with E-state index in [2.05, 4.69) is 16.6 Å². The number of rotatable bonds is 6. The van der Waals surface area contributed by atoms with Crippen LogP contribution in [-0.4, -0.2) is 20.9 Å². The van der Waals surface area contributed by atoms with E-state index in [1.807, 2.05) is 0 Å². The van der Waals surface area contributed by atoms with Crippen molar-refractivity contribution in [2.45, 2.75) is 4.90 Å². The second kappa shape index (κ2) is 7.06. The Labute approximate surface area is 133 Å². The van der Waals surface area contributed by atoms with Gasteiger partial charge in [0.05, 0.1) is 4.90 Å². The average Bonchev–Trinajstić information content (AvgIpc) is 2.53. The van der Waals surface area contributed by atoms with E-state index in [1.165, 1.54) is 36.4 Å². The van der Waals surface area contributed by atoms with Crippen molar-refractivity contribution in [3.05, 3.63) is 72.6 Å². The largest absolute Gasteiger partial charge is 0.349 e. The molecule has 5 nitrogen and oxygen atoms in total. The van der Waals surface area contributed by atoms with Crippen LogP contribution in [0.3, 0.4) is 0 Å². The first kappa shape index (κ1) is 16.7. The Bertz CT molecular complexity index is 800. The predicted octanol–water partition coefficient (Wildman–Crippen LogP) is 2.54. The Kier molecular flexibility index (Phi) is 5.13. The Morgan fingerprint density at radius 1 is 1.09 bits per heavy atom. The van der Waals surface area contributed by atoms with E-state index >= 15 is 0 Å². The molecule has 2 rings (SSSR count). The lowest BCUT2D eigenvalue weighted by molar-refractivity contribution is 0.0958. The number of hydrogen-bond acceptors (Lipinski definition) is 3. The van der Waals surface area contributed by atoms with Gasteiger partial charge in [0.1, 0.15) is 5.82 Å². The molecule has 0 aliphatic carbocycles. The second-order valence-corrected chi connectivity index (χ2v) is 6.32. The lowest BCUT2D eigenvalue weighted by Gasteiger charge is -2.09. The van der Waals surface area contributed by atoms with Crippen LogP contribution in [0, 0.1) is 5.82 Å². The van der Waals surface area contributed by atoms with Gasteiger partial charge in [-0.1, -0.05) is 6.08 Å². The molecule has 0 atom stereocenters. The number of hydrogen-bond donors (Lipinski definition) is 2. The molecule has 0 spiro atoms. The van der Waals surface area contributed by atoms with Crippen molar-refractivity contribution >= 4 is 21.6 Å². The molecule has 1 amide bonds. The third-order valence-electron chi connectivity index (χ3n) is 2.93. The fourth-order valence-corrected chi connectivity index (χ4v) is 2.84. The highest BCUT2D eigenvalue weighted by Crippen LogP contribution is 2.17. The molecule has 0 aliphatic heterocycles. The summed E-state index contributed by atoms with van der Waals surface area (Å²) in [5.74, 6) is -0.795. The van der Waals surface area contributed by atoms with Gasteiger partial charge in [0.2, 0.25) is 0 Å². The summed E-state index contributed by atoms with van der Waals surface area (Å²) in [4.78, 5) is 11.7. The highest BCUT2D eigenvalue weighted by atomic mass is 32.2. The van der Waals surface area contributed by atoms with Crippen LogP contribution in [0.2, 0.25) is 0 Å². The first-order valence-corrected chi connectivity index (χ1v) is 8.18. The van der Waals surface area contributed by atoms with Crippen molar-refractivity contribution in [2.24, 2.45) is 0 Å². The zero-order chi connectivity index (χ0) is 16.9. The minimum atomic E-state index is -3.81. The monoisotopic (exact) mass is 334 g/mol. The van der Waals surface area contributed by atoms with Crippen molar-refractivity contribution in [1.29, 1.82) is 0 Å². The third-order valence-corrected chi connectivity index (χ3v) is 4.33. The standard InChI is InChI=1S/C16H15FN2O3S/c1-2-11-18-16(20)12-3-7-14(8-4-12)19-23(21,22)15-9-5-13(17)6-10-15/h2-10,19H,1,11H2,(H,18,20). The molecule has 0 bridgehead atoms. The van der Waals surface area contributed by atoms with Gasteiger partial charge in [0.25, 0.3) is 15.9 Å². The summed E-state index contributed by atoms with van der Waals surface area (Å²) in [7, 11) is -3.81. The van der Waals surface area contributed by atoms with Gasteiger partial charge >= 0.3 is 0 Å². The smallest absolute Gasteiger partial charge is 0.261 e. The Balaban J connectivity index is 2.12. The number of halogens is 1. The Hall–Kier alpha value is -2.67. The highest BCUT2D eigenvalue weighted by Gasteiger charge is 2.14. The number of benzene rings is 2. The minimum Gasteiger partial charge on any atom is -0.349 e. The van der Waals surface area contributed by atoms with Gasteiger partial charge in [0.15, 0.2) is 0 Å². The molecule has 0 unspecified atom stereocenters. The van der Waals surface area contributed by atoms with Gasteiger partial charge in [-0.25, -0.2) is 12.8 Å². The molecule has 0 radical (unpaired) electrons. The van der Waals surface area contributed by atoms with E-state index < -0.39 is 15.8 Å². The summed E-state index contributed by atoms with van der Waals surface area (Å²) in [5, 5.41) is 2.62. The summed E-state index contributed by atoms with van der Waals surface area (Å²) >= 11 is 0. The Morgan fingerprint density at radius 3 is 2.26 bits per heavy atom. The van der Waals surface area contributed by atoms with Crippen LogP contribution in [0.5, 0.6) is 0 Å². The molecule has 0 saturated heterocycles. The molecule has 0 aromatic heterocycles. The van der Waals surface area contributed by atoms with E-state index in [-0.39, 0.29) is 10.8 Å². The molecule has 0 aliphatic rings. The molecule has 7 heteroatoms. The van der Waals surface area contributed by atoms with Crippen molar-refractivity contribution < 1.29 is 17.6 Å². The van der Waals surface area contributed by atoms with Gasteiger partial charge in [-0.2, -0.15) is 0 Å². The van der Waals surface area contributed by atoms with E-state index in [1.54, 1.807) is 6.08 Å². The quantitative estimate of drug-likeness (QED) is 0.797. The topological polar surface area (TPSA) is 75.3 Å². The van der Waals surface area contributed by atoms with E-state index in [0.717, 1.165) is 12.1 Å². The number of sulfonamides is 1. The molecule has 2 N–H and O–H groups in total. The van der Waals surface area contributed by atoms with E-state index in [0.29, 0.717) is 17.8 Å².